The SMILES string of the molecule is CC(C)CCn1cc(C(=O)N2CCCN(C(=O)c3cn(CCC(C)C)nn3)CC2)nn1. The quantitative estimate of drug-likeness (QED) is 0.634. The Morgan fingerprint density at radius 1 is 0.774 bits per heavy atom. The van der Waals surface area contributed by atoms with Gasteiger partial charge in [0.2, 0.25) is 0 Å². The van der Waals surface area contributed by atoms with Crippen molar-refractivity contribution in [2.24, 2.45) is 11.8 Å². The normalized spacial score (nSPS) is 15.0. The van der Waals surface area contributed by atoms with Crippen LogP contribution in [0, 0.1) is 11.8 Å². The first kappa shape index (κ1) is 22.9. The maximum absolute atomic E-state index is 12.9. The maximum atomic E-state index is 12.9. The first-order chi connectivity index (χ1) is 14.8. The average molecular weight is 431 g/mol. The molecule has 31 heavy (non-hydrogen) atoms. The van der Waals surface area contributed by atoms with Crippen LogP contribution in [-0.2, 0) is 13.1 Å². The van der Waals surface area contributed by atoms with E-state index in [0.717, 1.165) is 25.9 Å². The molecule has 170 valence electrons. The van der Waals surface area contributed by atoms with Crippen LogP contribution in [0.25, 0.3) is 0 Å². The fourth-order valence-electron chi connectivity index (χ4n) is 3.44. The first-order valence-corrected chi connectivity index (χ1v) is 11.2. The summed E-state index contributed by atoms with van der Waals surface area (Å²) in [6, 6.07) is 0. The van der Waals surface area contributed by atoms with E-state index in [1.54, 1.807) is 31.6 Å². The first-order valence-electron chi connectivity index (χ1n) is 11.2. The Morgan fingerprint density at radius 2 is 1.19 bits per heavy atom. The van der Waals surface area contributed by atoms with E-state index in [9.17, 15) is 9.59 Å². The van der Waals surface area contributed by atoms with Crippen molar-refractivity contribution in [3.05, 3.63) is 23.8 Å². The van der Waals surface area contributed by atoms with Gasteiger partial charge >= 0.3 is 0 Å². The second-order valence-corrected chi connectivity index (χ2v) is 9.04. The highest BCUT2D eigenvalue weighted by atomic mass is 16.2. The molecule has 0 bridgehead atoms. The lowest BCUT2D eigenvalue weighted by Crippen LogP contribution is -2.37. The Hall–Kier alpha value is -2.78. The van der Waals surface area contributed by atoms with E-state index in [-0.39, 0.29) is 11.8 Å². The van der Waals surface area contributed by atoms with Crippen molar-refractivity contribution in [3.63, 3.8) is 0 Å². The molecule has 2 aromatic heterocycles. The molecule has 2 aromatic rings. The zero-order valence-electron chi connectivity index (χ0n) is 19.1. The molecule has 0 spiro atoms. The smallest absolute Gasteiger partial charge is 0.276 e. The maximum Gasteiger partial charge on any atom is 0.276 e. The summed E-state index contributed by atoms with van der Waals surface area (Å²) in [7, 11) is 0. The molecular formula is C21H34N8O2. The highest BCUT2D eigenvalue weighted by molar-refractivity contribution is 5.93. The largest absolute Gasteiger partial charge is 0.335 e. The summed E-state index contributed by atoms with van der Waals surface area (Å²) in [6.45, 7) is 12.2. The number of hydrogen-bond acceptors (Lipinski definition) is 6. The van der Waals surface area contributed by atoms with Crippen molar-refractivity contribution < 1.29 is 9.59 Å². The predicted octanol–water partition coefficient (Wildman–Crippen LogP) is 1.95. The van der Waals surface area contributed by atoms with Crippen molar-refractivity contribution in [2.75, 3.05) is 26.2 Å². The minimum Gasteiger partial charge on any atom is -0.335 e. The Morgan fingerprint density at radius 3 is 1.58 bits per heavy atom. The van der Waals surface area contributed by atoms with Gasteiger partial charge in [0.25, 0.3) is 11.8 Å². The number of rotatable bonds is 8. The van der Waals surface area contributed by atoms with Crippen LogP contribution in [0.5, 0.6) is 0 Å². The molecule has 10 heteroatoms. The summed E-state index contributed by atoms with van der Waals surface area (Å²) in [6.07, 6.45) is 6.11. The summed E-state index contributed by atoms with van der Waals surface area (Å²) in [4.78, 5) is 29.2. The van der Waals surface area contributed by atoms with E-state index in [2.05, 4.69) is 48.3 Å². The molecule has 0 aliphatic carbocycles. The Kier molecular flexibility index (Phi) is 7.75. The van der Waals surface area contributed by atoms with Crippen LogP contribution in [-0.4, -0.2) is 77.8 Å². The molecule has 2 amide bonds. The molecule has 1 aliphatic rings. The second-order valence-electron chi connectivity index (χ2n) is 9.04. The van der Waals surface area contributed by atoms with Gasteiger partial charge in [-0.15, -0.1) is 10.2 Å². The summed E-state index contributed by atoms with van der Waals surface area (Å²) in [5.41, 5.74) is 0.716. The van der Waals surface area contributed by atoms with Gasteiger partial charge in [-0.3, -0.25) is 19.0 Å². The molecule has 1 aliphatic heterocycles. The van der Waals surface area contributed by atoms with Crippen LogP contribution in [0.3, 0.4) is 0 Å². The number of hydrogen-bond donors (Lipinski definition) is 0. The van der Waals surface area contributed by atoms with Gasteiger partial charge in [0.1, 0.15) is 0 Å². The zero-order valence-corrected chi connectivity index (χ0v) is 19.1. The van der Waals surface area contributed by atoms with Crippen LogP contribution >= 0.6 is 0 Å². The highest BCUT2D eigenvalue weighted by Gasteiger charge is 2.26. The van der Waals surface area contributed by atoms with Gasteiger partial charge in [-0.2, -0.15) is 0 Å². The van der Waals surface area contributed by atoms with E-state index >= 15 is 0 Å². The van der Waals surface area contributed by atoms with Crippen molar-refractivity contribution in [1.82, 2.24) is 39.8 Å². The van der Waals surface area contributed by atoms with E-state index in [0.29, 0.717) is 55.8 Å². The van der Waals surface area contributed by atoms with Gasteiger partial charge in [-0.05, 0) is 31.1 Å². The average Bonchev–Trinajstić information content (AvgIpc) is 3.34. The molecule has 1 saturated heterocycles. The molecule has 0 atom stereocenters. The minimum atomic E-state index is -0.135. The van der Waals surface area contributed by atoms with Gasteiger partial charge in [0, 0.05) is 39.3 Å². The molecule has 1 fully saturated rings. The molecule has 0 radical (unpaired) electrons. The lowest BCUT2D eigenvalue weighted by atomic mass is 10.1. The molecule has 0 aromatic carbocycles. The third kappa shape index (κ3) is 6.35. The third-order valence-electron chi connectivity index (χ3n) is 5.46. The van der Waals surface area contributed by atoms with Crippen molar-refractivity contribution >= 4 is 11.8 Å². The van der Waals surface area contributed by atoms with Crippen molar-refractivity contribution in [3.8, 4) is 0 Å². The van der Waals surface area contributed by atoms with Gasteiger partial charge in [-0.25, -0.2) is 0 Å². The molecule has 0 N–H and O–H groups in total. The lowest BCUT2D eigenvalue weighted by molar-refractivity contribution is 0.0712. The molecule has 3 heterocycles. The Labute approximate surface area is 183 Å². The summed E-state index contributed by atoms with van der Waals surface area (Å²) >= 11 is 0. The summed E-state index contributed by atoms with van der Waals surface area (Å²) in [5, 5.41) is 16.3. The fourth-order valence-corrected chi connectivity index (χ4v) is 3.44. The van der Waals surface area contributed by atoms with Gasteiger partial charge in [0.05, 0.1) is 12.4 Å². The van der Waals surface area contributed by atoms with E-state index in [4.69, 9.17) is 0 Å². The van der Waals surface area contributed by atoms with E-state index in [1.165, 1.54) is 0 Å². The Balaban J connectivity index is 1.55. The number of amides is 2. The number of carbonyl (C=O) groups excluding carboxylic acids is 2. The highest BCUT2D eigenvalue weighted by Crippen LogP contribution is 2.11. The van der Waals surface area contributed by atoms with Crippen LogP contribution in [0.15, 0.2) is 12.4 Å². The molecular weight excluding hydrogens is 396 g/mol. The molecule has 0 saturated carbocycles. The number of nitrogens with zero attached hydrogens (tertiary/aromatic N) is 8. The van der Waals surface area contributed by atoms with Crippen LogP contribution in [0.4, 0.5) is 0 Å². The lowest BCUT2D eigenvalue weighted by Gasteiger charge is -2.20. The molecule has 3 rings (SSSR count). The molecule has 10 nitrogen and oxygen atoms in total. The standard InChI is InChI=1S/C21H34N8O2/c1-16(2)6-10-28-14-18(22-24-28)20(30)26-8-5-9-27(13-12-26)21(31)19-15-29(25-23-19)11-7-17(3)4/h14-17H,5-13H2,1-4H3. The predicted molar refractivity (Wildman–Crippen MR) is 115 cm³/mol. The van der Waals surface area contributed by atoms with Crippen LogP contribution in [0.2, 0.25) is 0 Å². The molecule has 0 unspecified atom stereocenters. The Bertz CT molecular complexity index is 802. The number of aromatic nitrogens is 6. The number of carbonyl (C=O) groups is 2. The summed E-state index contributed by atoms with van der Waals surface area (Å²) in [5.74, 6) is 0.859. The van der Waals surface area contributed by atoms with Crippen LogP contribution < -0.4 is 0 Å². The van der Waals surface area contributed by atoms with Gasteiger partial charge in [0.15, 0.2) is 11.4 Å². The topological polar surface area (TPSA) is 102 Å². The number of aryl methyl sites for hydroxylation is 2. The monoisotopic (exact) mass is 430 g/mol. The minimum absolute atomic E-state index is 0.135. The van der Waals surface area contributed by atoms with Crippen LogP contribution in [0.1, 0.15) is 67.9 Å². The van der Waals surface area contributed by atoms with Crippen molar-refractivity contribution in [1.29, 1.82) is 0 Å². The van der Waals surface area contributed by atoms with E-state index in [1.807, 2.05) is 0 Å². The third-order valence-corrected chi connectivity index (χ3v) is 5.46. The van der Waals surface area contributed by atoms with Gasteiger partial charge < -0.3 is 9.80 Å². The van der Waals surface area contributed by atoms with Crippen molar-refractivity contribution in [2.45, 2.75) is 60.0 Å². The summed E-state index contributed by atoms with van der Waals surface area (Å²) < 4.78 is 3.45. The fraction of sp³-hybridized carbons (Fsp3) is 0.714. The van der Waals surface area contributed by atoms with Gasteiger partial charge in [-0.1, -0.05) is 38.1 Å². The zero-order chi connectivity index (χ0) is 22.4. The van der Waals surface area contributed by atoms with E-state index < -0.39 is 0 Å². The second kappa shape index (κ2) is 10.5.